The molecule has 1 N–H and O–H groups in total. The minimum atomic E-state index is -0.238. The molecular formula is C14H14FN3S. The smallest absolute Gasteiger partial charge is 0.146 e. The Labute approximate surface area is 117 Å². The Morgan fingerprint density at radius 3 is 2.37 bits per heavy atom. The number of hydrazine groups is 1. The van der Waals surface area contributed by atoms with Crippen LogP contribution in [-0.4, -0.2) is 12.2 Å². The molecule has 3 rings (SSSR count). The second-order valence-corrected chi connectivity index (χ2v) is 4.78. The van der Waals surface area contributed by atoms with Crippen molar-refractivity contribution in [3.63, 3.8) is 0 Å². The van der Waals surface area contributed by atoms with Crippen molar-refractivity contribution < 1.29 is 4.39 Å². The van der Waals surface area contributed by atoms with E-state index in [2.05, 4.69) is 23.0 Å². The molecule has 1 atom stereocenters. The third-order valence-corrected chi connectivity index (χ3v) is 3.46. The van der Waals surface area contributed by atoms with Gasteiger partial charge >= 0.3 is 0 Å². The molecule has 1 heterocycles. The molecule has 0 radical (unpaired) electrons. The minimum Gasteiger partial charge on any atom is -0.269 e. The SMILES string of the molecule is Fc1ccc(N2C(S)NCN2c2ccccc2)cc1. The Bertz CT molecular complexity index is 546. The third-order valence-electron chi connectivity index (χ3n) is 3.06. The summed E-state index contributed by atoms with van der Waals surface area (Å²) in [6.45, 7) is 0.662. The minimum absolute atomic E-state index is 0.134. The maximum absolute atomic E-state index is 13.0. The highest BCUT2D eigenvalue weighted by atomic mass is 32.1. The van der Waals surface area contributed by atoms with Crippen LogP contribution < -0.4 is 15.3 Å². The van der Waals surface area contributed by atoms with Gasteiger partial charge in [0.1, 0.15) is 11.3 Å². The Balaban J connectivity index is 1.95. The zero-order valence-corrected chi connectivity index (χ0v) is 11.1. The molecular weight excluding hydrogens is 261 g/mol. The van der Waals surface area contributed by atoms with Gasteiger partial charge in [0.2, 0.25) is 0 Å². The van der Waals surface area contributed by atoms with Crippen LogP contribution in [0.4, 0.5) is 15.8 Å². The Morgan fingerprint density at radius 1 is 1.00 bits per heavy atom. The van der Waals surface area contributed by atoms with Gasteiger partial charge in [-0.15, -0.1) is 12.6 Å². The maximum Gasteiger partial charge on any atom is 0.146 e. The van der Waals surface area contributed by atoms with E-state index in [9.17, 15) is 4.39 Å². The fourth-order valence-corrected chi connectivity index (χ4v) is 2.49. The summed E-state index contributed by atoms with van der Waals surface area (Å²) in [5, 5.41) is 7.33. The van der Waals surface area contributed by atoms with E-state index in [1.54, 1.807) is 12.1 Å². The van der Waals surface area contributed by atoms with Crippen molar-refractivity contribution in [3.8, 4) is 0 Å². The molecule has 0 spiro atoms. The second-order valence-electron chi connectivity index (χ2n) is 4.29. The fraction of sp³-hybridized carbons (Fsp3) is 0.143. The first-order valence-electron chi connectivity index (χ1n) is 6.04. The summed E-state index contributed by atoms with van der Waals surface area (Å²) in [5.41, 5.74) is 1.83. The first-order chi connectivity index (χ1) is 9.25. The summed E-state index contributed by atoms with van der Waals surface area (Å²) < 4.78 is 13.0. The monoisotopic (exact) mass is 275 g/mol. The van der Waals surface area contributed by atoms with Gasteiger partial charge in [-0.1, -0.05) is 18.2 Å². The van der Waals surface area contributed by atoms with Crippen LogP contribution in [0.3, 0.4) is 0 Å². The Hall–Kier alpha value is -1.72. The highest BCUT2D eigenvalue weighted by Gasteiger charge is 2.29. The van der Waals surface area contributed by atoms with Gasteiger partial charge in [0.15, 0.2) is 0 Å². The highest BCUT2D eigenvalue weighted by Crippen LogP contribution is 2.28. The van der Waals surface area contributed by atoms with E-state index in [1.165, 1.54) is 12.1 Å². The van der Waals surface area contributed by atoms with Crippen molar-refractivity contribution in [2.75, 3.05) is 16.7 Å². The van der Waals surface area contributed by atoms with E-state index in [0.29, 0.717) is 6.67 Å². The molecule has 0 saturated carbocycles. The molecule has 5 heteroatoms. The van der Waals surface area contributed by atoms with Crippen LogP contribution in [0, 0.1) is 5.82 Å². The lowest BCUT2D eigenvalue weighted by atomic mass is 10.3. The molecule has 19 heavy (non-hydrogen) atoms. The summed E-state index contributed by atoms with van der Waals surface area (Å²) in [4.78, 5) is 0. The van der Waals surface area contributed by atoms with Gasteiger partial charge in [-0.05, 0) is 36.4 Å². The lowest BCUT2D eigenvalue weighted by Gasteiger charge is -2.32. The van der Waals surface area contributed by atoms with E-state index < -0.39 is 0 Å². The van der Waals surface area contributed by atoms with Crippen LogP contribution in [0.1, 0.15) is 0 Å². The predicted molar refractivity (Wildman–Crippen MR) is 78.6 cm³/mol. The topological polar surface area (TPSA) is 18.5 Å². The van der Waals surface area contributed by atoms with Gasteiger partial charge in [-0.25, -0.2) is 4.39 Å². The predicted octanol–water partition coefficient (Wildman–Crippen LogP) is 2.83. The normalized spacial score (nSPS) is 18.9. The number of anilines is 2. The van der Waals surface area contributed by atoms with E-state index in [-0.39, 0.29) is 11.3 Å². The molecule has 0 amide bonds. The highest BCUT2D eigenvalue weighted by molar-refractivity contribution is 7.81. The molecule has 3 nitrogen and oxygen atoms in total. The number of hydrogen-bond acceptors (Lipinski definition) is 4. The zero-order chi connectivity index (χ0) is 13.2. The lowest BCUT2D eigenvalue weighted by molar-refractivity contribution is 0.627. The zero-order valence-electron chi connectivity index (χ0n) is 10.2. The Kier molecular flexibility index (Phi) is 3.31. The lowest BCUT2D eigenvalue weighted by Crippen LogP contribution is -2.40. The second kappa shape index (κ2) is 5.11. The van der Waals surface area contributed by atoms with Gasteiger partial charge in [0, 0.05) is 0 Å². The molecule has 1 aliphatic rings. The van der Waals surface area contributed by atoms with Gasteiger partial charge in [0.25, 0.3) is 0 Å². The van der Waals surface area contributed by atoms with Crippen LogP contribution in [-0.2, 0) is 0 Å². The van der Waals surface area contributed by atoms with Gasteiger partial charge in [-0.2, -0.15) is 0 Å². The van der Waals surface area contributed by atoms with Crippen molar-refractivity contribution >= 4 is 24.0 Å². The van der Waals surface area contributed by atoms with Crippen LogP contribution in [0.25, 0.3) is 0 Å². The molecule has 0 aromatic heterocycles. The van der Waals surface area contributed by atoms with Crippen LogP contribution >= 0.6 is 12.6 Å². The number of nitrogens with one attached hydrogen (secondary N) is 1. The fourth-order valence-electron chi connectivity index (χ4n) is 2.15. The Morgan fingerprint density at radius 2 is 1.68 bits per heavy atom. The molecule has 0 bridgehead atoms. The van der Waals surface area contributed by atoms with E-state index in [1.807, 2.05) is 35.3 Å². The summed E-state index contributed by atoms with van der Waals surface area (Å²) in [7, 11) is 0. The number of hydrogen-bond donors (Lipinski definition) is 2. The first-order valence-corrected chi connectivity index (χ1v) is 6.56. The number of rotatable bonds is 2. The first kappa shape index (κ1) is 12.3. The summed E-state index contributed by atoms with van der Waals surface area (Å²) in [5.74, 6) is -0.238. The van der Waals surface area contributed by atoms with Crippen LogP contribution in [0.5, 0.6) is 0 Å². The number of halogens is 1. The van der Waals surface area contributed by atoms with Gasteiger partial charge in [0.05, 0.1) is 18.0 Å². The van der Waals surface area contributed by atoms with E-state index in [4.69, 9.17) is 0 Å². The number of benzene rings is 2. The van der Waals surface area contributed by atoms with Crippen molar-refractivity contribution in [2.45, 2.75) is 5.50 Å². The molecule has 2 aromatic rings. The molecule has 98 valence electrons. The van der Waals surface area contributed by atoms with Crippen LogP contribution in [0.15, 0.2) is 54.6 Å². The summed E-state index contributed by atoms with van der Waals surface area (Å²) >= 11 is 4.51. The van der Waals surface area contributed by atoms with Crippen LogP contribution in [0.2, 0.25) is 0 Å². The quantitative estimate of drug-likeness (QED) is 0.822. The van der Waals surface area contributed by atoms with Crippen molar-refractivity contribution in [2.24, 2.45) is 0 Å². The molecule has 1 fully saturated rings. The average molecular weight is 275 g/mol. The molecule has 0 aliphatic carbocycles. The molecule has 1 saturated heterocycles. The van der Waals surface area contributed by atoms with E-state index in [0.717, 1.165) is 11.4 Å². The van der Waals surface area contributed by atoms with Crippen molar-refractivity contribution in [3.05, 3.63) is 60.4 Å². The maximum atomic E-state index is 13.0. The largest absolute Gasteiger partial charge is 0.269 e. The van der Waals surface area contributed by atoms with E-state index >= 15 is 0 Å². The number of thiol groups is 1. The van der Waals surface area contributed by atoms with Gasteiger partial charge < -0.3 is 0 Å². The number of nitrogens with zero attached hydrogens (tertiary/aromatic N) is 2. The number of para-hydroxylation sites is 1. The standard InChI is InChI=1S/C14H14FN3S/c15-11-6-8-13(9-7-11)18-14(19)16-10-17(18)12-4-2-1-3-5-12/h1-9,14,16,19H,10H2. The third kappa shape index (κ3) is 2.39. The summed E-state index contributed by atoms with van der Waals surface area (Å²) in [6.07, 6.45) is 0. The molecule has 1 unspecified atom stereocenters. The van der Waals surface area contributed by atoms with Crippen molar-refractivity contribution in [1.29, 1.82) is 0 Å². The molecule has 1 aliphatic heterocycles. The van der Waals surface area contributed by atoms with Crippen molar-refractivity contribution in [1.82, 2.24) is 5.32 Å². The molecule has 2 aromatic carbocycles. The average Bonchev–Trinajstić information content (AvgIpc) is 2.83. The summed E-state index contributed by atoms with van der Waals surface area (Å²) in [6, 6.07) is 16.4. The van der Waals surface area contributed by atoms with Gasteiger partial charge in [-0.3, -0.25) is 15.3 Å².